The molecule has 1 amide bonds. The Labute approximate surface area is 191 Å². The van der Waals surface area contributed by atoms with Crippen LogP contribution in [0.25, 0.3) is 5.76 Å². The molecule has 3 aromatic rings. The van der Waals surface area contributed by atoms with Crippen molar-refractivity contribution in [3.05, 3.63) is 99.6 Å². The Morgan fingerprint density at radius 2 is 1.66 bits per heavy atom. The topological polar surface area (TPSA) is 66.8 Å². The molecule has 162 valence electrons. The molecule has 4 rings (SSSR count). The van der Waals surface area contributed by atoms with Crippen LogP contribution in [-0.4, -0.2) is 23.9 Å². The summed E-state index contributed by atoms with van der Waals surface area (Å²) in [5, 5.41) is 11.8. The second kappa shape index (κ2) is 8.52. The minimum absolute atomic E-state index is 0.0134. The number of nitrogens with zero attached hydrogens (tertiary/aromatic N) is 1. The van der Waals surface area contributed by atoms with Gasteiger partial charge in [0.2, 0.25) is 0 Å². The van der Waals surface area contributed by atoms with Crippen molar-refractivity contribution in [2.75, 3.05) is 12.0 Å². The number of aliphatic hydroxyl groups excluding tert-OH is 1. The Balaban J connectivity index is 1.99. The van der Waals surface area contributed by atoms with Crippen molar-refractivity contribution in [1.29, 1.82) is 0 Å². The molecule has 0 aliphatic carbocycles. The summed E-state index contributed by atoms with van der Waals surface area (Å²) in [6, 6.07) is 18.7. The van der Waals surface area contributed by atoms with Gasteiger partial charge in [0.1, 0.15) is 11.5 Å². The van der Waals surface area contributed by atoms with E-state index in [0.29, 0.717) is 27.6 Å². The zero-order valence-corrected chi connectivity index (χ0v) is 18.7. The molecule has 0 saturated carbocycles. The van der Waals surface area contributed by atoms with Crippen LogP contribution in [0.3, 0.4) is 0 Å². The van der Waals surface area contributed by atoms with Crippen LogP contribution in [0.1, 0.15) is 28.3 Å². The molecular formula is C26H22ClNO4. The Morgan fingerprint density at radius 1 is 0.969 bits per heavy atom. The number of methoxy groups -OCH3 is 1. The number of anilines is 1. The number of hydrogen-bond acceptors (Lipinski definition) is 4. The normalized spacial score (nSPS) is 17.6. The molecule has 1 aliphatic rings. The molecule has 6 heteroatoms. The molecule has 1 atom stereocenters. The van der Waals surface area contributed by atoms with Crippen LogP contribution in [0.15, 0.2) is 72.3 Å². The molecule has 1 saturated heterocycles. The second-order valence-corrected chi connectivity index (χ2v) is 8.20. The quantitative estimate of drug-likeness (QED) is 0.321. The van der Waals surface area contributed by atoms with Crippen molar-refractivity contribution in [1.82, 2.24) is 0 Å². The van der Waals surface area contributed by atoms with Crippen molar-refractivity contribution >= 4 is 34.7 Å². The maximum Gasteiger partial charge on any atom is 0.300 e. The van der Waals surface area contributed by atoms with E-state index in [1.807, 2.05) is 44.2 Å². The number of amides is 1. The number of ether oxygens (including phenoxy) is 1. The minimum Gasteiger partial charge on any atom is -0.507 e. The monoisotopic (exact) mass is 447 g/mol. The summed E-state index contributed by atoms with van der Waals surface area (Å²) in [5.41, 5.74) is 3.45. The fourth-order valence-corrected chi connectivity index (χ4v) is 4.13. The average molecular weight is 448 g/mol. The van der Waals surface area contributed by atoms with Gasteiger partial charge in [-0.05, 0) is 55.8 Å². The predicted octanol–water partition coefficient (Wildman–Crippen LogP) is 5.59. The van der Waals surface area contributed by atoms with E-state index >= 15 is 0 Å². The maximum absolute atomic E-state index is 13.2. The first-order valence-corrected chi connectivity index (χ1v) is 10.5. The van der Waals surface area contributed by atoms with Crippen LogP contribution < -0.4 is 9.64 Å². The SMILES string of the molecule is COc1ccc(C)cc1/C(O)=C1\C(=O)C(=O)N(c2ccc(Cl)cc2)C1c1cccc(C)c1. The minimum atomic E-state index is -0.804. The third-order valence-electron chi connectivity index (χ3n) is 5.52. The van der Waals surface area contributed by atoms with Gasteiger partial charge in [0.05, 0.1) is 24.3 Å². The zero-order valence-electron chi connectivity index (χ0n) is 17.9. The highest BCUT2D eigenvalue weighted by atomic mass is 35.5. The summed E-state index contributed by atoms with van der Waals surface area (Å²) in [4.78, 5) is 27.8. The zero-order chi connectivity index (χ0) is 23.0. The highest BCUT2D eigenvalue weighted by molar-refractivity contribution is 6.51. The number of carbonyl (C=O) groups is 2. The average Bonchev–Trinajstić information content (AvgIpc) is 3.04. The van der Waals surface area contributed by atoms with Crippen LogP contribution in [0.4, 0.5) is 5.69 Å². The molecule has 0 bridgehead atoms. The molecule has 32 heavy (non-hydrogen) atoms. The van der Waals surface area contributed by atoms with Crippen molar-refractivity contribution in [2.45, 2.75) is 19.9 Å². The van der Waals surface area contributed by atoms with E-state index in [9.17, 15) is 14.7 Å². The van der Waals surface area contributed by atoms with Crippen molar-refractivity contribution in [3.63, 3.8) is 0 Å². The lowest BCUT2D eigenvalue weighted by Gasteiger charge is -2.26. The smallest absolute Gasteiger partial charge is 0.300 e. The number of ketones is 1. The summed E-state index contributed by atoms with van der Waals surface area (Å²) < 4.78 is 5.41. The summed E-state index contributed by atoms with van der Waals surface area (Å²) in [6.45, 7) is 3.81. The molecule has 1 heterocycles. The summed E-state index contributed by atoms with van der Waals surface area (Å²) >= 11 is 6.03. The number of carbonyl (C=O) groups excluding carboxylic acids is 2. The molecule has 0 radical (unpaired) electrons. The number of halogens is 1. The van der Waals surface area contributed by atoms with Gasteiger partial charge >= 0.3 is 0 Å². The first-order valence-electron chi connectivity index (χ1n) is 10.1. The van der Waals surface area contributed by atoms with Crippen LogP contribution >= 0.6 is 11.6 Å². The first kappa shape index (κ1) is 21.7. The number of aryl methyl sites for hydroxylation is 2. The number of hydrogen-bond donors (Lipinski definition) is 1. The maximum atomic E-state index is 13.2. The number of aliphatic hydroxyl groups is 1. The van der Waals surface area contributed by atoms with Crippen molar-refractivity contribution in [2.24, 2.45) is 0 Å². The van der Waals surface area contributed by atoms with Gasteiger partial charge in [-0.2, -0.15) is 0 Å². The summed E-state index contributed by atoms with van der Waals surface area (Å²) in [6.07, 6.45) is 0. The van der Waals surface area contributed by atoms with Crippen LogP contribution in [0.2, 0.25) is 5.02 Å². The molecule has 1 N–H and O–H groups in total. The van der Waals surface area contributed by atoms with E-state index in [1.165, 1.54) is 12.0 Å². The van der Waals surface area contributed by atoms with E-state index in [1.54, 1.807) is 36.4 Å². The third-order valence-corrected chi connectivity index (χ3v) is 5.77. The van der Waals surface area contributed by atoms with Gasteiger partial charge in [-0.25, -0.2) is 0 Å². The van der Waals surface area contributed by atoms with E-state index in [0.717, 1.165) is 11.1 Å². The highest BCUT2D eigenvalue weighted by Gasteiger charge is 2.47. The van der Waals surface area contributed by atoms with Gasteiger partial charge in [0, 0.05) is 10.7 Å². The third kappa shape index (κ3) is 3.76. The van der Waals surface area contributed by atoms with Gasteiger partial charge in [-0.3, -0.25) is 14.5 Å². The van der Waals surface area contributed by atoms with Gasteiger partial charge in [0.15, 0.2) is 0 Å². The van der Waals surface area contributed by atoms with Gasteiger partial charge in [0.25, 0.3) is 11.7 Å². The van der Waals surface area contributed by atoms with Crippen molar-refractivity contribution < 1.29 is 19.4 Å². The molecule has 5 nitrogen and oxygen atoms in total. The Bertz CT molecular complexity index is 1250. The van der Waals surface area contributed by atoms with Crippen LogP contribution in [-0.2, 0) is 9.59 Å². The molecule has 1 fully saturated rings. The Morgan fingerprint density at radius 3 is 2.31 bits per heavy atom. The van der Waals surface area contributed by atoms with Crippen LogP contribution in [0, 0.1) is 13.8 Å². The fourth-order valence-electron chi connectivity index (χ4n) is 4.01. The van der Waals surface area contributed by atoms with Gasteiger partial charge < -0.3 is 9.84 Å². The number of rotatable bonds is 4. The molecule has 1 unspecified atom stereocenters. The van der Waals surface area contributed by atoms with E-state index < -0.39 is 17.7 Å². The predicted molar refractivity (Wildman–Crippen MR) is 125 cm³/mol. The van der Waals surface area contributed by atoms with E-state index in [-0.39, 0.29) is 11.3 Å². The second-order valence-electron chi connectivity index (χ2n) is 7.76. The van der Waals surface area contributed by atoms with E-state index in [4.69, 9.17) is 16.3 Å². The standard InChI is InChI=1S/C26H22ClNO4/c1-15-5-4-6-17(13-15)23-22(24(29)20-14-16(2)7-12-21(20)32-3)25(30)26(31)28(23)19-10-8-18(27)9-11-19/h4-14,23,29H,1-3H3/b24-22+. The van der Waals surface area contributed by atoms with Crippen LogP contribution in [0.5, 0.6) is 5.75 Å². The highest BCUT2D eigenvalue weighted by Crippen LogP contribution is 2.43. The largest absolute Gasteiger partial charge is 0.507 e. The molecular weight excluding hydrogens is 426 g/mol. The lowest BCUT2D eigenvalue weighted by Crippen LogP contribution is -2.29. The summed E-state index contributed by atoms with van der Waals surface area (Å²) in [5.74, 6) is -1.33. The summed E-state index contributed by atoms with van der Waals surface area (Å²) in [7, 11) is 1.49. The molecule has 0 spiro atoms. The lowest BCUT2D eigenvalue weighted by molar-refractivity contribution is -0.132. The lowest BCUT2D eigenvalue weighted by atomic mass is 9.93. The Hall–Kier alpha value is -3.57. The fraction of sp³-hybridized carbons (Fsp3) is 0.154. The first-order chi connectivity index (χ1) is 15.3. The number of benzene rings is 3. The molecule has 3 aromatic carbocycles. The number of Topliss-reactive ketones (excluding diaryl/α,β-unsaturated/α-hetero) is 1. The van der Waals surface area contributed by atoms with Gasteiger partial charge in [-0.1, -0.05) is 53.1 Å². The molecule has 0 aromatic heterocycles. The van der Waals surface area contributed by atoms with Gasteiger partial charge in [-0.15, -0.1) is 0 Å². The Kier molecular flexibility index (Phi) is 5.76. The molecule has 1 aliphatic heterocycles. The van der Waals surface area contributed by atoms with E-state index in [2.05, 4.69) is 0 Å². The van der Waals surface area contributed by atoms with Crippen molar-refractivity contribution in [3.8, 4) is 5.75 Å².